The average Bonchev–Trinajstić information content (AvgIpc) is 1.86. The average molecular weight is 177 g/mol. The molecule has 0 saturated heterocycles. The van der Waals surface area contributed by atoms with Gasteiger partial charge in [-0.05, 0) is 20.3 Å². The van der Waals surface area contributed by atoms with Crippen LogP contribution in [-0.4, -0.2) is 18.0 Å². The van der Waals surface area contributed by atoms with Crippen molar-refractivity contribution >= 4 is 17.6 Å². The fraction of sp³-hybridized carbons (Fsp3) is 0.625. The Kier molecular flexibility index (Phi) is 4.95. The van der Waals surface area contributed by atoms with Crippen molar-refractivity contribution in [1.29, 1.82) is 0 Å². The van der Waals surface area contributed by atoms with Crippen LogP contribution in [0, 0.1) is 0 Å². The zero-order valence-corrected chi connectivity index (χ0v) is 7.65. The number of rotatable bonds is 4. The molecule has 11 heavy (non-hydrogen) atoms. The van der Waals surface area contributed by atoms with E-state index in [9.17, 15) is 4.79 Å². The summed E-state index contributed by atoms with van der Waals surface area (Å²) in [6.07, 6.45) is 0.486. The normalized spacial score (nSPS) is 12.3. The van der Waals surface area contributed by atoms with Crippen LogP contribution >= 0.6 is 11.6 Å². The zero-order valence-electron chi connectivity index (χ0n) is 6.89. The van der Waals surface area contributed by atoms with Crippen molar-refractivity contribution in [1.82, 2.24) is 0 Å². The smallest absolute Gasteiger partial charge is 0.324 e. The van der Waals surface area contributed by atoms with Gasteiger partial charge in [0.15, 0.2) is 0 Å². The van der Waals surface area contributed by atoms with E-state index in [1.165, 1.54) is 0 Å². The maximum atomic E-state index is 10.9. The van der Waals surface area contributed by atoms with Gasteiger partial charge in [0.05, 0.1) is 6.61 Å². The van der Waals surface area contributed by atoms with Gasteiger partial charge in [-0.3, -0.25) is 4.79 Å². The van der Waals surface area contributed by atoms with Crippen LogP contribution in [0.3, 0.4) is 0 Å². The molecule has 0 aromatic heterocycles. The molecule has 0 aromatic carbocycles. The highest BCUT2D eigenvalue weighted by Crippen LogP contribution is 2.09. The lowest BCUT2D eigenvalue weighted by Gasteiger charge is -2.07. The fourth-order valence-electron chi connectivity index (χ4n) is 0.622. The first-order valence-corrected chi connectivity index (χ1v) is 3.96. The van der Waals surface area contributed by atoms with Crippen molar-refractivity contribution in [3.8, 4) is 0 Å². The second-order valence-corrected chi connectivity index (χ2v) is 2.91. The topological polar surface area (TPSA) is 26.3 Å². The highest BCUT2D eigenvalue weighted by molar-refractivity contribution is 6.30. The molecule has 3 heteroatoms. The summed E-state index contributed by atoms with van der Waals surface area (Å²) in [5.41, 5.74) is 0.887. The van der Waals surface area contributed by atoms with Crippen LogP contribution in [0.5, 0.6) is 0 Å². The number of carbonyl (C=O) groups excluding carboxylic acids is 1. The third-order valence-corrected chi connectivity index (χ3v) is 1.40. The molecule has 0 fully saturated rings. The quantitative estimate of drug-likeness (QED) is 0.373. The van der Waals surface area contributed by atoms with Gasteiger partial charge in [0, 0.05) is 0 Å². The van der Waals surface area contributed by atoms with Gasteiger partial charge in [0.1, 0.15) is 5.38 Å². The van der Waals surface area contributed by atoms with Crippen molar-refractivity contribution in [2.45, 2.75) is 25.6 Å². The summed E-state index contributed by atoms with van der Waals surface area (Å²) in [5, 5.41) is -0.576. The number of halogens is 1. The molecule has 0 aliphatic carbocycles. The second kappa shape index (κ2) is 5.19. The Bertz CT molecular complexity index is 154. The lowest BCUT2D eigenvalue weighted by Crippen LogP contribution is -2.17. The maximum Gasteiger partial charge on any atom is 0.324 e. The molecule has 0 aliphatic heterocycles. The third kappa shape index (κ3) is 4.85. The Hall–Kier alpha value is -0.500. The number of alkyl halides is 1. The van der Waals surface area contributed by atoms with Crippen LogP contribution in [0.1, 0.15) is 20.3 Å². The Labute approximate surface area is 72.2 Å². The molecule has 0 saturated carbocycles. The first kappa shape index (κ1) is 10.5. The highest BCUT2D eigenvalue weighted by Gasteiger charge is 2.15. The minimum absolute atomic E-state index is 0.364. The van der Waals surface area contributed by atoms with Gasteiger partial charge in [0.2, 0.25) is 0 Å². The Balaban J connectivity index is 3.73. The lowest BCUT2D eigenvalue weighted by molar-refractivity contribution is -0.142. The largest absolute Gasteiger partial charge is 0.465 e. The van der Waals surface area contributed by atoms with Gasteiger partial charge in [-0.2, -0.15) is 0 Å². The lowest BCUT2D eigenvalue weighted by atomic mass is 10.2. The second-order valence-electron chi connectivity index (χ2n) is 2.38. The third-order valence-electron chi connectivity index (χ3n) is 1.07. The molecule has 0 aromatic rings. The van der Waals surface area contributed by atoms with Gasteiger partial charge in [-0.15, -0.1) is 18.2 Å². The van der Waals surface area contributed by atoms with E-state index in [0.717, 1.165) is 5.57 Å². The fourth-order valence-corrected chi connectivity index (χ4v) is 0.948. The van der Waals surface area contributed by atoms with Crippen LogP contribution in [-0.2, 0) is 9.53 Å². The summed E-state index contributed by atoms with van der Waals surface area (Å²) in [4.78, 5) is 10.9. The number of carbonyl (C=O) groups is 1. The Morgan fingerprint density at radius 2 is 2.27 bits per heavy atom. The molecule has 0 spiro atoms. The molecular weight excluding hydrogens is 164 g/mol. The van der Waals surface area contributed by atoms with Crippen LogP contribution in [0.25, 0.3) is 0 Å². The van der Waals surface area contributed by atoms with Gasteiger partial charge in [-0.1, -0.05) is 5.57 Å². The SMILES string of the molecule is C=C(C)CC(Cl)C(=O)OCC. The molecular formula is C8H13ClO2. The standard InChI is InChI=1S/C8H13ClO2/c1-4-11-8(10)7(9)5-6(2)3/h7H,2,4-5H2,1,3H3. The van der Waals surface area contributed by atoms with Gasteiger partial charge < -0.3 is 4.74 Å². The monoisotopic (exact) mass is 176 g/mol. The molecule has 0 heterocycles. The first-order valence-electron chi connectivity index (χ1n) is 3.53. The summed E-state index contributed by atoms with van der Waals surface area (Å²) in [6, 6.07) is 0. The van der Waals surface area contributed by atoms with Gasteiger partial charge in [0.25, 0.3) is 0 Å². The zero-order chi connectivity index (χ0) is 8.85. The first-order chi connectivity index (χ1) is 5.07. The Morgan fingerprint density at radius 3 is 2.64 bits per heavy atom. The maximum absolute atomic E-state index is 10.9. The molecule has 0 bridgehead atoms. The number of esters is 1. The van der Waals surface area contributed by atoms with Crippen molar-refractivity contribution in [2.75, 3.05) is 6.61 Å². The summed E-state index contributed by atoms with van der Waals surface area (Å²) in [7, 11) is 0. The van der Waals surface area contributed by atoms with Gasteiger partial charge >= 0.3 is 5.97 Å². The number of hydrogen-bond donors (Lipinski definition) is 0. The number of hydrogen-bond acceptors (Lipinski definition) is 2. The minimum atomic E-state index is -0.576. The van der Waals surface area contributed by atoms with Crippen LogP contribution in [0.15, 0.2) is 12.2 Å². The van der Waals surface area contributed by atoms with E-state index < -0.39 is 5.38 Å². The molecule has 0 aliphatic rings. The van der Waals surface area contributed by atoms with E-state index in [2.05, 4.69) is 6.58 Å². The van der Waals surface area contributed by atoms with Crippen molar-refractivity contribution in [3.63, 3.8) is 0 Å². The van der Waals surface area contributed by atoms with Crippen LogP contribution < -0.4 is 0 Å². The number of allylic oxidation sites excluding steroid dienone is 1. The molecule has 1 unspecified atom stereocenters. The van der Waals surface area contributed by atoms with E-state index in [0.29, 0.717) is 13.0 Å². The highest BCUT2D eigenvalue weighted by atomic mass is 35.5. The van der Waals surface area contributed by atoms with Crippen molar-refractivity contribution in [2.24, 2.45) is 0 Å². The summed E-state index contributed by atoms with van der Waals surface area (Å²) < 4.78 is 4.69. The summed E-state index contributed by atoms with van der Waals surface area (Å²) >= 11 is 5.67. The Morgan fingerprint density at radius 1 is 1.73 bits per heavy atom. The summed E-state index contributed by atoms with van der Waals surface area (Å²) in [6.45, 7) is 7.60. The predicted molar refractivity (Wildman–Crippen MR) is 45.7 cm³/mol. The van der Waals surface area contributed by atoms with Crippen molar-refractivity contribution < 1.29 is 9.53 Å². The molecule has 64 valence electrons. The molecule has 0 N–H and O–H groups in total. The molecule has 2 nitrogen and oxygen atoms in total. The van der Waals surface area contributed by atoms with E-state index in [1.54, 1.807) is 6.92 Å². The molecule has 0 amide bonds. The van der Waals surface area contributed by atoms with Crippen molar-refractivity contribution in [3.05, 3.63) is 12.2 Å². The van der Waals surface area contributed by atoms with E-state index in [1.807, 2.05) is 6.92 Å². The van der Waals surface area contributed by atoms with E-state index >= 15 is 0 Å². The van der Waals surface area contributed by atoms with Crippen LogP contribution in [0.2, 0.25) is 0 Å². The molecule has 0 radical (unpaired) electrons. The van der Waals surface area contributed by atoms with E-state index in [4.69, 9.17) is 16.3 Å². The van der Waals surface area contributed by atoms with Gasteiger partial charge in [-0.25, -0.2) is 0 Å². The molecule has 1 atom stereocenters. The number of ether oxygens (including phenoxy) is 1. The predicted octanol–water partition coefficient (Wildman–Crippen LogP) is 2.12. The van der Waals surface area contributed by atoms with E-state index in [-0.39, 0.29) is 5.97 Å². The molecule has 0 rings (SSSR count). The summed E-state index contributed by atoms with van der Waals surface area (Å²) in [5.74, 6) is -0.364. The minimum Gasteiger partial charge on any atom is -0.465 e. The van der Waals surface area contributed by atoms with Crippen LogP contribution in [0.4, 0.5) is 0 Å².